The highest BCUT2D eigenvalue weighted by molar-refractivity contribution is 6.31. The quantitative estimate of drug-likeness (QED) is 0.674. The van der Waals surface area contributed by atoms with Crippen LogP contribution in [0.1, 0.15) is 0 Å². The fraction of sp³-hybridized carbons (Fsp3) is 0.158. The summed E-state index contributed by atoms with van der Waals surface area (Å²) in [6.07, 6.45) is 1.29. The Labute approximate surface area is 170 Å². The number of benzene rings is 2. The van der Waals surface area contributed by atoms with Crippen molar-refractivity contribution in [3.05, 3.63) is 64.7 Å². The maximum absolute atomic E-state index is 11.4. The average molecular weight is 424 g/mol. The molecule has 0 saturated carbocycles. The first-order valence-electron chi connectivity index (χ1n) is 8.16. The number of halogens is 2. The minimum Gasteiger partial charge on any atom is -0.484 e. The number of carbonyl (C=O) groups excluding carboxylic acids is 1. The Morgan fingerprint density at radius 2 is 1.79 bits per heavy atom. The van der Waals surface area contributed by atoms with Crippen molar-refractivity contribution in [3.8, 4) is 17.2 Å². The summed E-state index contributed by atoms with van der Waals surface area (Å²) in [6.45, 7) is 0.630. The van der Waals surface area contributed by atoms with E-state index < -0.39 is 11.9 Å². The van der Waals surface area contributed by atoms with Gasteiger partial charge in [0.05, 0.1) is 13.1 Å². The van der Waals surface area contributed by atoms with Gasteiger partial charge in [-0.05, 0) is 30.3 Å². The lowest BCUT2D eigenvalue weighted by atomic mass is 10.2. The highest BCUT2D eigenvalue weighted by Crippen LogP contribution is 2.36. The summed E-state index contributed by atoms with van der Waals surface area (Å²) >= 11 is 12.0. The molecular weight excluding hydrogens is 409 g/mol. The highest BCUT2D eigenvalue weighted by Gasteiger charge is 2.32. The number of carboxylic acid groups (broad SMARTS) is 1. The van der Waals surface area contributed by atoms with E-state index >= 15 is 0 Å². The van der Waals surface area contributed by atoms with Gasteiger partial charge in [0.1, 0.15) is 11.9 Å². The Morgan fingerprint density at radius 1 is 1.04 bits per heavy atom. The molecule has 7 nitrogen and oxygen atoms in total. The standard InChI is InChI=1S/C19H15Cl2NO6/c20-12-2-1-3-14(8-12)26-16-5-4-13(21)9-17(16)27-15-10-22(11-15)28-19(25)7-6-18(23)24/h1-9,15H,10-11H2,(H,23,24)/b7-6-. The number of rotatable bonds is 7. The molecule has 2 aromatic rings. The van der Waals surface area contributed by atoms with Crippen molar-refractivity contribution < 1.29 is 29.0 Å². The van der Waals surface area contributed by atoms with Gasteiger partial charge in [0, 0.05) is 28.3 Å². The van der Waals surface area contributed by atoms with Crippen LogP contribution in [0, 0.1) is 0 Å². The predicted molar refractivity (Wildman–Crippen MR) is 102 cm³/mol. The molecule has 0 aromatic heterocycles. The normalized spacial score (nSPS) is 14.5. The van der Waals surface area contributed by atoms with Crippen LogP contribution in [-0.4, -0.2) is 41.3 Å². The van der Waals surface area contributed by atoms with Gasteiger partial charge in [0.25, 0.3) is 0 Å². The molecule has 28 heavy (non-hydrogen) atoms. The first-order chi connectivity index (χ1) is 13.4. The highest BCUT2D eigenvalue weighted by atomic mass is 35.5. The lowest BCUT2D eigenvalue weighted by molar-refractivity contribution is -0.221. The van der Waals surface area contributed by atoms with Crippen molar-refractivity contribution >= 4 is 35.1 Å². The fourth-order valence-electron chi connectivity index (χ4n) is 2.34. The molecule has 0 radical (unpaired) electrons. The Kier molecular flexibility index (Phi) is 6.41. The van der Waals surface area contributed by atoms with Crippen LogP contribution in [0.15, 0.2) is 54.6 Å². The van der Waals surface area contributed by atoms with Gasteiger partial charge < -0.3 is 19.4 Å². The van der Waals surface area contributed by atoms with E-state index in [1.54, 1.807) is 42.5 Å². The van der Waals surface area contributed by atoms with E-state index in [2.05, 4.69) is 0 Å². The van der Waals surface area contributed by atoms with E-state index in [4.69, 9.17) is 42.6 Å². The number of carbonyl (C=O) groups is 2. The molecule has 0 aliphatic carbocycles. The van der Waals surface area contributed by atoms with E-state index in [0.29, 0.717) is 46.5 Å². The van der Waals surface area contributed by atoms with E-state index in [1.165, 1.54) is 5.06 Å². The van der Waals surface area contributed by atoms with Crippen LogP contribution in [-0.2, 0) is 14.4 Å². The third-order valence-corrected chi connectivity index (χ3v) is 4.09. The molecule has 0 atom stereocenters. The monoisotopic (exact) mass is 423 g/mol. The van der Waals surface area contributed by atoms with Gasteiger partial charge in [0.2, 0.25) is 0 Å². The van der Waals surface area contributed by atoms with Gasteiger partial charge in [-0.1, -0.05) is 29.3 Å². The summed E-state index contributed by atoms with van der Waals surface area (Å²) in [7, 11) is 0. The first-order valence-corrected chi connectivity index (χ1v) is 8.92. The second-order valence-corrected chi connectivity index (χ2v) is 6.69. The average Bonchev–Trinajstić information content (AvgIpc) is 2.60. The van der Waals surface area contributed by atoms with Gasteiger partial charge in [0.15, 0.2) is 11.5 Å². The van der Waals surface area contributed by atoms with E-state index in [0.717, 1.165) is 6.08 Å². The minimum absolute atomic E-state index is 0.253. The van der Waals surface area contributed by atoms with Gasteiger partial charge in [-0.25, -0.2) is 9.59 Å². The SMILES string of the molecule is O=C(O)/C=C\C(=O)ON1CC(Oc2cc(Cl)ccc2Oc2cccc(Cl)c2)C1. The number of ether oxygens (including phenoxy) is 2. The number of aliphatic carboxylic acids is 1. The Morgan fingerprint density at radius 3 is 2.50 bits per heavy atom. The third kappa shape index (κ3) is 5.63. The molecule has 0 amide bonds. The van der Waals surface area contributed by atoms with Crippen molar-refractivity contribution in [3.63, 3.8) is 0 Å². The molecular formula is C19H15Cl2NO6. The molecule has 1 heterocycles. The smallest absolute Gasteiger partial charge is 0.349 e. The maximum atomic E-state index is 11.4. The largest absolute Gasteiger partial charge is 0.484 e. The summed E-state index contributed by atoms with van der Waals surface area (Å²) in [4.78, 5) is 26.8. The molecule has 0 spiro atoms. The third-order valence-electron chi connectivity index (χ3n) is 3.62. The zero-order valence-electron chi connectivity index (χ0n) is 14.4. The van der Waals surface area contributed by atoms with Crippen LogP contribution in [0.2, 0.25) is 10.0 Å². The molecule has 1 fully saturated rings. The van der Waals surface area contributed by atoms with Crippen molar-refractivity contribution in [1.29, 1.82) is 0 Å². The van der Waals surface area contributed by atoms with Gasteiger partial charge in [-0.2, -0.15) is 0 Å². The summed E-state index contributed by atoms with van der Waals surface area (Å²) in [5.74, 6) is -0.543. The number of carboxylic acids is 1. The van der Waals surface area contributed by atoms with Crippen LogP contribution in [0.25, 0.3) is 0 Å². The Bertz CT molecular complexity index is 911. The van der Waals surface area contributed by atoms with Crippen LogP contribution in [0.3, 0.4) is 0 Å². The van der Waals surface area contributed by atoms with Crippen LogP contribution < -0.4 is 9.47 Å². The van der Waals surface area contributed by atoms with Crippen molar-refractivity contribution in [2.24, 2.45) is 0 Å². The van der Waals surface area contributed by atoms with Crippen molar-refractivity contribution in [1.82, 2.24) is 5.06 Å². The number of nitrogens with zero attached hydrogens (tertiary/aromatic N) is 1. The van der Waals surface area contributed by atoms with E-state index in [9.17, 15) is 9.59 Å². The molecule has 0 bridgehead atoms. The predicted octanol–water partition coefficient (Wildman–Crippen LogP) is 3.95. The molecule has 1 N–H and O–H groups in total. The molecule has 9 heteroatoms. The Hall–Kier alpha value is -2.74. The van der Waals surface area contributed by atoms with Gasteiger partial charge >= 0.3 is 11.9 Å². The topological polar surface area (TPSA) is 85.3 Å². The van der Waals surface area contributed by atoms with Crippen molar-refractivity contribution in [2.45, 2.75) is 6.10 Å². The lowest BCUT2D eigenvalue weighted by Crippen LogP contribution is -2.54. The number of hydrogen-bond donors (Lipinski definition) is 1. The number of hydroxylamine groups is 2. The summed E-state index contributed by atoms with van der Waals surface area (Å²) in [6, 6.07) is 11.9. The summed E-state index contributed by atoms with van der Waals surface area (Å²) in [5.41, 5.74) is 0. The van der Waals surface area contributed by atoms with Crippen LogP contribution in [0.4, 0.5) is 0 Å². The van der Waals surface area contributed by atoms with E-state index in [-0.39, 0.29) is 6.10 Å². The maximum Gasteiger partial charge on any atom is 0.349 e. The van der Waals surface area contributed by atoms with Crippen LogP contribution in [0.5, 0.6) is 17.2 Å². The van der Waals surface area contributed by atoms with E-state index in [1.807, 2.05) is 0 Å². The van der Waals surface area contributed by atoms with Crippen molar-refractivity contribution in [2.75, 3.05) is 13.1 Å². The zero-order chi connectivity index (χ0) is 20.1. The molecule has 1 aliphatic rings. The first kappa shape index (κ1) is 20.0. The Balaban J connectivity index is 1.58. The molecule has 3 rings (SSSR count). The van der Waals surface area contributed by atoms with Gasteiger partial charge in [-0.3, -0.25) is 0 Å². The molecule has 1 aliphatic heterocycles. The zero-order valence-corrected chi connectivity index (χ0v) is 15.9. The molecule has 146 valence electrons. The molecule has 1 saturated heterocycles. The van der Waals surface area contributed by atoms with Gasteiger partial charge in [-0.15, -0.1) is 5.06 Å². The fourth-order valence-corrected chi connectivity index (χ4v) is 2.68. The minimum atomic E-state index is -1.23. The van der Waals surface area contributed by atoms with Crippen LogP contribution >= 0.6 is 23.2 Å². The summed E-state index contributed by atoms with van der Waals surface area (Å²) in [5, 5.41) is 10.9. The summed E-state index contributed by atoms with van der Waals surface area (Å²) < 4.78 is 11.7. The number of hydrogen-bond acceptors (Lipinski definition) is 6. The lowest BCUT2D eigenvalue weighted by Gasteiger charge is -2.36. The molecule has 2 aromatic carbocycles. The second kappa shape index (κ2) is 8.97. The second-order valence-electron chi connectivity index (χ2n) is 5.82. The molecule has 0 unspecified atom stereocenters.